The summed E-state index contributed by atoms with van der Waals surface area (Å²) >= 11 is 0. The Balaban J connectivity index is 1.75. The summed E-state index contributed by atoms with van der Waals surface area (Å²) in [7, 11) is 0. The van der Waals surface area contributed by atoms with Crippen molar-refractivity contribution in [3.63, 3.8) is 0 Å². The van der Waals surface area contributed by atoms with Crippen molar-refractivity contribution >= 4 is 23.3 Å². The molecule has 1 heterocycles. The third-order valence-corrected chi connectivity index (χ3v) is 4.78. The molecule has 1 amide bonds. The van der Waals surface area contributed by atoms with Crippen LogP contribution in [0, 0.1) is 15.5 Å². The van der Waals surface area contributed by atoms with E-state index < -0.39 is 22.2 Å². The number of amides is 1. The summed E-state index contributed by atoms with van der Waals surface area (Å²) in [4.78, 5) is 36.1. The van der Waals surface area contributed by atoms with E-state index in [-0.39, 0.29) is 17.8 Å². The number of nitro groups is 1. The number of rotatable bonds is 6. The zero-order chi connectivity index (χ0) is 17.3. The van der Waals surface area contributed by atoms with Crippen molar-refractivity contribution in [1.29, 1.82) is 0 Å². The molecule has 8 heteroatoms. The highest BCUT2D eigenvalue weighted by molar-refractivity contribution is 5.96. The number of carbonyl (C=O) groups excluding carboxylic acids is 1. The summed E-state index contributed by atoms with van der Waals surface area (Å²) in [6.07, 6.45) is 3.07. The second-order valence-electron chi connectivity index (χ2n) is 6.42. The van der Waals surface area contributed by atoms with E-state index in [2.05, 4.69) is 5.32 Å². The molecule has 1 aromatic carbocycles. The van der Waals surface area contributed by atoms with Gasteiger partial charge in [-0.3, -0.25) is 19.7 Å². The van der Waals surface area contributed by atoms with Gasteiger partial charge < -0.3 is 15.3 Å². The van der Waals surface area contributed by atoms with Gasteiger partial charge >= 0.3 is 5.97 Å². The molecule has 0 unspecified atom stereocenters. The van der Waals surface area contributed by atoms with Gasteiger partial charge in [-0.25, -0.2) is 0 Å². The number of aliphatic carboxylic acids is 1. The van der Waals surface area contributed by atoms with Gasteiger partial charge in [0.15, 0.2) is 0 Å². The Kier molecular flexibility index (Phi) is 4.13. The molecule has 1 aromatic rings. The van der Waals surface area contributed by atoms with Crippen LogP contribution in [0.5, 0.6) is 0 Å². The molecular weight excluding hydrogens is 314 g/mol. The Morgan fingerprint density at radius 2 is 1.96 bits per heavy atom. The van der Waals surface area contributed by atoms with Crippen LogP contribution in [-0.2, 0) is 4.79 Å². The molecule has 0 bridgehead atoms. The van der Waals surface area contributed by atoms with Crippen molar-refractivity contribution in [2.24, 2.45) is 5.41 Å². The third kappa shape index (κ3) is 3.04. The van der Waals surface area contributed by atoms with Gasteiger partial charge in [-0.1, -0.05) is 0 Å². The molecule has 1 aliphatic heterocycles. The van der Waals surface area contributed by atoms with Crippen molar-refractivity contribution in [2.75, 3.05) is 24.5 Å². The minimum Gasteiger partial charge on any atom is -0.481 e. The summed E-state index contributed by atoms with van der Waals surface area (Å²) in [5, 5.41) is 23.0. The summed E-state index contributed by atoms with van der Waals surface area (Å²) in [5.74, 6) is -1.41. The molecule has 0 radical (unpaired) electrons. The van der Waals surface area contributed by atoms with Gasteiger partial charge in [0.05, 0.1) is 10.3 Å². The summed E-state index contributed by atoms with van der Waals surface area (Å²) < 4.78 is 0. The van der Waals surface area contributed by atoms with E-state index in [1.807, 2.05) is 4.90 Å². The van der Waals surface area contributed by atoms with Gasteiger partial charge in [-0.05, 0) is 37.8 Å². The quantitative estimate of drug-likeness (QED) is 0.606. The first-order chi connectivity index (χ1) is 11.4. The second kappa shape index (κ2) is 6.10. The lowest BCUT2D eigenvalue weighted by molar-refractivity contribution is -0.384. The standard InChI is InChI=1S/C16H19N3O5/c20-14(17-10-16(5-6-16)15(21)22)11-3-4-12(13(9-11)19(23)24)18-7-1-2-8-18/h3-4,9H,1-2,5-8,10H2,(H,17,20)(H,21,22). The number of anilines is 1. The predicted molar refractivity (Wildman–Crippen MR) is 86.2 cm³/mol. The average molecular weight is 333 g/mol. The van der Waals surface area contributed by atoms with Crippen LogP contribution in [0.25, 0.3) is 0 Å². The Morgan fingerprint density at radius 1 is 1.29 bits per heavy atom. The van der Waals surface area contributed by atoms with E-state index >= 15 is 0 Å². The van der Waals surface area contributed by atoms with Gasteiger partial charge in [0.2, 0.25) is 0 Å². The molecule has 2 N–H and O–H groups in total. The van der Waals surface area contributed by atoms with E-state index in [1.54, 1.807) is 12.1 Å². The van der Waals surface area contributed by atoms with E-state index in [4.69, 9.17) is 5.11 Å². The maximum absolute atomic E-state index is 12.2. The van der Waals surface area contributed by atoms with Crippen molar-refractivity contribution in [3.8, 4) is 0 Å². The minimum absolute atomic E-state index is 0.0445. The van der Waals surface area contributed by atoms with Crippen LogP contribution in [0.4, 0.5) is 11.4 Å². The number of hydrogen-bond acceptors (Lipinski definition) is 5. The summed E-state index contributed by atoms with van der Waals surface area (Å²) in [6.45, 7) is 1.59. The van der Waals surface area contributed by atoms with Gasteiger partial charge in [0, 0.05) is 31.3 Å². The van der Waals surface area contributed by atoms with Crippen LogP contribution >= 0.6 is 0 Å². The fourth-order valence-corrected chi connectivity index (χ4v) is 3.01. The maximum atomic E-state index is 12.2. The summed E-state index contributed by atoms with van der Waals surface area (Å²) in [5.41, 5.74) is -0.259. The van der Waals surface area contributed by atoms with Crippen LogP contribution in [0.3, 0.4) is 0 Å². The first-order valence-corrected chi connectivity index (χ1v) is 7.98. The molecule has 0 aromatic heterocycles. The highest BCUT2D eigenvalue weighted by Crippen LogP contribution is 2.45. The van der Waals surface area contributed by atoms with E-state index in [9.17, 15) is 19.7 Å². The van der Waals surface area contributed by atoms with Crippen molar-refractivity contribution in [2.45, 2.75) is 25.7 Å². The molecule has 2 fully saturated rings. The molecule has 128 valence electrons. The lowest BCUT2D eigenvalue weighted by atomic mass is 10.1. The third-order valence-electron chi connectivity index (χ3n) is 4.78. The number of nitro benzene ring substituents is 1. The molecule has 1 saturated heterocycles. The van der Waals surface area contributed by atoms with Crippen molar-refractivity contribution < 1.29 is 19.6 Å². The number of carboxylic acids is 1. The first-order valence-electron chi connectivity index (χ1n) is 7.98. The van der Waals surface area contributed by atoms with Crippen molar-refractivity contribution in [1.82, 2.24) is 5.32 Å². The molecule has 2 aliphatic rings. The fraction of sp³-hybridized carbons (Fsp3) is 0.500. The van der Waals surface area contributed by atoms with E-state index in [0.29, 0.717) is 18.5 Å². The smallest absolute Gasteiger partial charge is 0.311 e. The molecular formula is C16H19N3O5. The zero-order valence-electron chi connectivity index (χ0n) is 13.2. The molecule has 1 saturated carbocycles. The number of carboxylic acid groups (broad SMARTS) is 1. The predicted octanol–water partition coefficient (Wildman–Crippen LogP) is 1.79. The van der Waals surface area contributed by atoms with Crippen molar-refractivity contribution in [3.05, 3.63) is 33.9 Å². The minimum atomic E-state index is -0.918. The molecule has 3 rings (SSSR count). The van der Waals surface area contributed by atoms with Crippen LogP contribution in [0.15, 0.2) is 18.2 Å². The average Bonchev–Trinajstić information content (AvgIpc) is 3.17. The number of benzene rings is 1. The number of carbonyl (C=O) groups is 2. The van der Waals surface area contributed by atoms with Crippen LogP contribution in [0.1, 0.15) is 36.0 Å². The Hall–Kier alpha value is -2.64. The zero-order valence-corrected chi connectivity index (χ0v) is 13.2. The largest absolute Gasteiger partial charge is 0.481 e. The van der Waals surface area contributed by atoms with Gasteiger partial charge in [-0.15, -0.1) is 0 Å². The Labute approximate surface area is 138 Å². The monoisotopic (exact) mass is 333 g/mol. The lowest BCUT2D eigenvalue weighted by Crippen LogP contribution is -2.34. The molecule has 8 nitrogen and oxygen atoms in total. The Bertz CT molecular complexity index is 693. The lowest BCUT2D eigenvalue weighted by Gasteiger charge is -2.18. The van der Waals surface area contributed by atoms with E-state index in [0.717, 1.165) is 25.9 Å². The number of nitrogens with zero attached hydrogens (tertiary/aromatic N) is 2. The topological polar surface area (TPSA) is 113 Å². The number of hydrogen-bond donors (Lipinski definition) is 2. The first kappa shape index (κ1) is 16.2. The highest BCUT2D eigenvalue weighted by Gasteiger charge is 2.50. The fourth-order valence-electron chi connectivity index (χ4n) is 3.01. The SMILES string of the molecule is O=C(NCC1(C(=O)O)CC1)c1ccc(N2CCCC2)c([N+](=O)[O-])c1. The summed E-state index contributed by atoms with van der Waals surface area (Å²) in [6, 6.07) is 4.42. The number of nitrogens with one attached hydrogen (secondary N) is 1. The molecule has 24 heavy (non-hydrogen) atoms. The van der Waals surface area contributed by atoms with Gasteiger partial charge in [-0.2, -0.15) is 0 Å². The van der Waals surface area contributed by atoms with Gasteiger partial charge in [0.1, 0.15) is 5.69 Å². The van der Waals surface area contributed by atoms with Crippen LogP contribution in [-0.4, -0.2) is 41.5 Å². The van der Waals surface area contributed by atoms with Gasteiger partial charge in [0.25, 0.3) is 11.6 Å². The molecule has 0 atom stereocenters. The molecule has 0 spiro atoms. The second-order valence-corrected chi connectivity index (χ2v) is 6.42. The highest BCUT2D eigenvalue weighted by atomic mass is 16.6. The van der Waals surface area contributed by atoms with Crippen LogP contribution < -0.4 is 10.2 Å². The van der Waals surface area contributed by atoms with Crippen LogP contribution in [0.2, 0.25) is 0 Å². The normalized spacial score (nSPS) is 18.2. The van der Waals surface area contributed by atoms with E-state index in [1.165, 1.54) is 6.07 Å². The maximum Gasteiger partial charge on any atom is 0.311 e. The molecule has 1 aliphatic carbocycles. The Morgan fingerprint density at radius 3 is 2.50 bits per heavy atom.